The van der Waals surface area contributed by atoms with Gasteiger partial charge in [0.15, 0.2) is 0 Å². The molecule has 11 heavy (non-hydrogen) atoms. The summed E-state index contributed by atoms with van der Waals surface area (Å²) in [6.07, 6.45) is 4.67. The van der Waals surface area contributed by atoms with Gasteiger partial charge >= 0.3 is 0 Å². The lowest BCUT2D eigenvalue weighted by Gasteiger charge is -2.25. The zero-order valence-electron chi connectivity index (χ0n) is 6.74. The molecular weight excluding hydrogens is 140 g/mol. The van der Waals surface area contributed by atoms with E-state index in [1.807, 2.05) is 0 Å². The van der Waals surface area contributed by atoms with Crippen LogP contribution < -0.4 is 0 Å². The second-order valence-corrected chi connectivity index (χ2v) is 4.09. The third-order valence-electron chi connectivity index (χ3n) is 3.47. The second kappa shape index (κ2) is 2.76. The molecule has 2 aliphatic carbocycles. The van der Waals surface area contributed by atoms with Crippen molar-refractivity contribution in [1.82, 2.24) is 0 Å². The van der Waals surface area contributed by atoms with Crippen LogP contribution in [0.25, 0.3) is 0 Å². The van der Waals surface area contributed by atoms with E-state index in [0.717, 1.165) is 18.3 Å². The Labute approximate surface area is 67.2 Å². The summed E-state index contributed by atoms with van der Waals surface area (Å²) in [6.45, 7) is -0.0477. The first-order chi connectivity index (χ1) is 5.31. The molecule has 4 unspecified atom stereocenters. The lowest BCUT2D eigenvalue weighted by atomic mass is 9.85. The average molecular weight is 156 g/mol. The van der Waals surface area contributed by atoms with Gasteiger partial charge < -0.3 is 10.2 Å². The SMILES string of the molecule is OCC(O)C1CC2CCC1C2. The molecule has 0 radical (unpaired) electrons. The van der Waals surface area contributed by atoms with Crippen molar-refractivity contribution in [3.63, 3.8) is 0 Å². The fourth-order valence-corrected chi connectivity index (χ4v) is 2.90. The van der Waals surface area contributed by atoms with Crippen molar-refractivity contribution in [3.05, 3.63) is 0 Å². The molecule has 0 spiro atoms. The Morgan fingerprint density at radius 3 is 2.55 bits per heavy atom. The van der Waals surface area contributed by atoms with Crippen molar-refractivity contribution in [3.8, 4) is 0 Å². The zero-order chi connectivity index (χ0) is 7.84. The molecule has 2 saturated carbocycles. The highest BCUT2D eigenvalue weighted by atomic mass is 16.3. The molecule has 0 aliphatic heterocycles. The first-order valence-corrected chi connectivity index (χ1v) is 4.60. The summed E-state index contributed by atoms with van der Waals surface area (Å²) in [6, 6.07) is 0. The monoisotopic (exact) mass is 156 g/mol. The molecule has 2 heteroatoms. The van der Waals surface area contributed by atoms with Crippen molar-refractivity contribution >= 4 is 0 Å². The Hall–Kier alpha value is -0.0800. The molecule has 0 amide bonds. The lowest BCUT2D eigenvalue weighted by molar-refractivity contribution is 0.0252. The van der Waals surface area contributed by atoms with Crippen LogP contribution in [-0.4, -0.2) is 22.9 Å². The summed E-state index contributed by atoms with van der Waals surface area (Å²) in [5.74, 6) is 2.01. The van der Waals surface area contributed by atoms with Gasteiger partial charge in [-0.2, -0.15) is 0 Å². The summed E-state index contributed by atoms with van der Waals surface area (Å²) in [4.78, 5) is 0. The van der Waals surface area contributed by atoms with Crippen LogP contribution in [0.5, 0.6) is 0 Å². The first kappa shape index (κ1) is 7.56. The summed E-state index contributed by atoms with van der Waals surface area (Å²) in [5, 5.41) is 18.2. The highest BCUT2D eigenvalue weighted by Gasteiger charge is 2.42. The van der Waals surface area contributed by atoms with Crippen LogP contribution in [-0.2, 0) is 0 Å². The molecule has 2 nitrogen and oxygen atoms in total. The molecule has 0 heterocycles. The normalized spacial score (nSPS) is 44.7. The molecular formula is C9H16O2. The van der Waals surface area contributed by atoms with Crippen molar-refractivity contribution < 1.29 is 10.2 Å². The Balaban J connectivity index is 1.96. The minimum Gasteiger partial charge on any atom is -0.394 e. The largest absolute Gasteiger partial charge is 0.394 e. The molecule has 2 fully saturated rings. The number of hydrogen-bond donors (Lipinski definition) is 2. The van der Waals surface area contributed by atoms with Gasteiger partial charge in [0.2, 0.25) is 0 Å². The molecule has 4 atom stereocenters. The minimum atomic E-state index is -0.440. The van der Waals surface area contributed by atoms with E-state index in [9.17, 15) is 5.11 Å². The number of fused-ring (bicyclic) bond motifs is 2. The Kier molecular flexibility index (Phi) is 1.90. The molecule has 0 aromatic rings. The predicted octanol–water partition coefficient (Wildman–Crippen LogP) is 0.776. The molecule has 0 saturated heterocycles. The van der Waals surface area contributed by atoms with Gasteiger partial charge in [0.1, 0.15) is 0 Å². The third kappa shape index (κ3) is 1.18. The Morgan fingerprint density at radius 2 is 2.09 bits per heavy atom. The fraction of sp³-hybridized carbons (Fsp3) is 1.00. The van der Waals surface area contributed by atoms with E-state index in [0.29, 0.717) is 5.92 Å². The van der Waals surface area contributed by atoms with Gasteiger partial charge in [-0.1, -0.05) is 6.42 Å². The highest BCUT2D eigenvalue weighted by molar-refractivity contribution is 4.92. The zero-order valence-corrected chi connectivity index (χ0v) is 6.74. The maximum absolute atomic E-state index is 9.43. The van der Waals surface area contributed by atoms with Gasteiger partial charge in [0.05, 0.1) is 12.7 Å². The smallest absolute Gasteiger partial charge is 0.0801 e. The van der Waals surface area contributed by atoms with Crippen LogP contribution in [0.15, 0.2) is 0 Å². The van der Waals surface area contributed by atoms with Crippen LogP contribution in [0.1, 0.15) is 25.7 Å². The van der Waals surface area contributed by atoms with Gasteiger partial charge in [0.25, 0.3) is 0 Å². The van der Waals surface area contributed by atoms with Crippen molar-refractivity contribution in [2.45, 2.75) is 31.8 Å². The van der Waals surface area contributed by atoms with Gasteiger partial charge in [-0.15, -0.1) is 0 Å². The van der Waals surface area contributed by atoms with Gasteiger partial charge in [-0.05, 0) is 37.0 Å². The maximum Gasteiger partial charge on any atom is 0.0801 e. The van der Waals surface area contributed by atoms with Gasteiger partial charge in [-0.25, -0.2) is 0 Å². The number of aliphatic hydroxyl groups is 2. The van der Waals surface area contributed by atoms with Crippen molar-refractivity contribution in [1.29, 1.82) is 0 Å². The van der Waals surface area contributed by atoms with E-state index in [-0.39, 0.29) is 6.61 Å². The van der Waals surface area contributed by atoms with E-state index in [1.54, 1.807) is 0 Å². The quantitative estimate of drug-likeness (QED) is 0.620. The topological polar surface area (TPSA) is 40.5 Å². The molecule has 0 aromatic carbocycles. The van der Waals surface area contributed by atoms with E-state index in [2.05, 4.69) is 0 Å². The van der Waals surface area contributed by atoms with Crippen LogP contribution in [0, 0.1) is 17.8 Å². The summed E-state index contributed by atoms with van der Waals surface area (Å²) in [7, 11) is 0. The first-order valence-electron chi connectivity index (χ1n) is 4.60. The molecule has 0 aromatic heterocycles. The lowest BCUT2D eigenvalue weighted by Crippen LogP contribution is -2.28. The Morgan fingerprint density at radius 1 is 1.27 bits per heavy atom. The van der Waals surface area contributed by atoms with Crippen LogP contribution in [0.3, 0.4) is 0 Å². The second-order valence-electron chi connectivity index (χ2n) is 4.09. The number of hydrogen-bond acceptors (Lipinski definition) is 2. The van der Waals surface area contributed by atoms with E-state index in [1.165, 1.54) is 19.3 Å². The maximum atomic E-state index is 9.43. The molecule has 2 aliphatic rings. The molecule has 2 N–H and O–H groups in total. The minimum absolute atomic E-state index is 0.0477. The highest BCUT2D eigenvalue weighted by Crippen LogP contribution is 2.49. The standard InChI is InChI=1S/C9H16O2/c10-5-9(11)8-4-6-1-2-7(8)3-6/h6-11H,1-5H2. The number of aliphatic hydroxyl groups excluding tert-OH is 2. The van der Waals surface area contributed by atoms with Crippen molar-refractivity contribution in [2.75, 3.05) is 6.61 Å². The molecule has 2 bridgehead atoms. The van der Waals surface area contributed by atoms with Crippen LogP contribution >= 0.6 is 0 Å². The van der Waals surface area contributed by atoms with E-state index < -0.39 is 6.10 Å². The van der Waals surface area contributed by atoms with Crippen molar-refractivity contribution in [2.24, 2.45) is 17.8 Å². The molecule has 2 rings (SSSR count). The molecule has 64 valence electrons. The van der Waals surface area contributed by atoms with Crippen LogP contribution in [0.4, 0.5) is 0 Å². The number of rotatable bonds is 2. The Bertz CT molecular complexity index is 146. The van der Waals surface area contributed by atoms with E-state index in [4.69, 9.17) is 5.11 Å². The third-order valence-corrected chi connectivity index (χ3v) is 3.47. The fourth-order valence-electron chi connectivity index (χ4n) is 2.90. The van der Waals surface area contributed by atoms with E-state index >= 15 is 0 Å². The summed E-state index contributed by atoms with van der Waals surface area (Å²) >= 11 is 0. The van der Waals surface area contributed by atoms with Gasteiger partial charge in [-0.3, -0.25) is 0 Å². The van der Waals surface area contributed by atoms with Gasteiger partial charge in [0, 0.05) is 0 Å². The summed E-state index contributed by atoms with van der Waals surface area (Å²) < 4.78 is 0. The average Bonchev–Trinajstić information content (AvgIpc) is 2.62. The van der Waals surface area contributed by atoms with Crippen LogP contribution in [0.2, 0.25) is 0 Å². The predicted molar refractivity (Wildman–Crippen MR) is 42.0 cm³/mol. The summed E-state index contributed by atoms with van der Waals surface area (Å²) in [5.41, 5.74) is 0.